The summed E-state index contributed by atoms with van der Waals surface area (Å²) >= 11 is 14.4. The summed E-state index contributed by atoms with van der Waals surface area (Å²) in [5, 5.41) is 133. The Morgan fingerprint density at radius 3 is 1.94 bits per heavy atom. The van der Waals surface area contributed by atoms with E-state index >= 15 is 24.0 Å². The number of nitrogens with zero attached hydrogens (tertiary/aromatic N) is 3. The number of anilines is 1. The fourth-order valence-corrected chi connectivity index (χ4v) is 16.0. The molecule has 6 aromatic carbocycles. The van der Waals surface area contributed by atoms with Crippen LogP contribution in [-0.2, 0) is 52.6 Å². The van der Waals surface area contributed by atoms with Crippen molar-refractivity contribution in [1.29, 1.82) is 0 Å². The number of phenolic OH excluding ortho intramolecular Hbond substituents is 3. The Hall–Kier alpha value is -11.2. The van der Waals surface area contributed by atoms with E-state index in [2.05, 4.69) is 68.3 Å². The van der Waals surface area contributed by atoms with E-state index in [1.165, 1.54) is 63.4 Å². The van der Waals surface area contributed by atoms with E-state index in [9.17, 15) is 78.3 Å². The van der Waals surface area contributed by atoms with Crippen molar-refractivity contribution in [2.24, 2.45) is 11.7 Å². The van der Waals surface area contributed by atoms with E-state index in [0.29, 0.717) is 32.7 Å². The molecule has 0 radical (unpaired) electrons. The van der Waals surface area contributed by atoms with E-state index in [4.69, 9.17) is 57.4 Å². The Balaban J connectivity index is 0.961. The van der Waals surface area contributed by atoms with Crippen molar-refractivity contribution < 1.29 is 135 Å². The van der Waals surface area contributed by atoms with E-state index in [-0.39, 0.29) is 58.5 Å². The fourth-order valence-electron chi connectivity index (χ4n) is 15.6. The second-order valence-electron chi connectivity index (χ2n) is 32.1. The number of aliphatic hydroxyl groups is 6. The number of ether oxygens (including phenoxy) is 7. The molecule has 16 unspecified atom stereocenters. The first-order valence-electron chi connectivity index (χ1n) is 40.1. The van der Waals surface area contributed by atoms with Crippen molar-refractivity contribution >= 4 is 82.2 Å². The maximum atomic E-state index is 16.3. The Kier molecular flexibility index (Phi) is 29.9. The van der Waals surface area contributed by atoms with Crippen LogP contribution < -0.4 is 83.4 Å². The van der Waals surface area contributed by atoms with Crippen LogP contribution in [0.5, 0.6) is 51.7 Å². The molecule has 0 saturated carbocycles. The topological polar surface area (TPSA) is 568 Å². The predicted molar refractivity (Wildman–Crippen MR) is 441 cm³/mol. The zero-order valence-corrected chi connectivity index (χ0v) is 70.7. The lowest BCUT2D eigenvalue weighted by Gasteiger charge is -2.48. The van der Waals surface area contributed by atoms with E-state index < -0.39 is 255 Å². The number of halogens is 5. The average molecular weight is 1820 g/mol. The summed E-state index contributed by atoms with van der Waals surface area (Å²) in [6, 6.07) is 3.79. The van der Waals surface area contributed by atoms with Crippen LogP contribution in [0, 0.1) is 5.92 Å². The number of nitrogens with two attached hydrogens (primary N) is 1. The van der Waals surface area contributed by atoms with Gasteiger partial charge in [0.1, 0.15) is 101 Å². The number of carbonyl (C=O) groups is 9. The van der Waals surface area contributed by atoms with Gasteiger partial charge in [0.05, 0.1) is 41.3 Å². The number of urea groups is 1. The second-order valence-corrected chi connectivity index (χ2v) is 32.9. The second kappa shape index (κ2) is 40.0. The maximum Gasteiger partial charge on any atom is 0.573 e. The number of carbonyl (C=O) groups excluding carboxylic acids is 9. The number of fused-ring (bicyclic) bond motifs is 15. The normalized spacial score (nSPS) is 26.9. The largest absolute Gasteiger partial charge is 0.573 e. The number of hydrogen-bond acceptors (Lipinski definition) is 30. The van der Waals surface area contributed by atoms with Gasteiger partial charge in [0.25, 0.3) is 5.91 Å². The molecule has 40 nitrogen and oxygen atoms in total. The van der Waals surface area contributed by atoms with Crippen LogP contribution in [0.4, 0.5) is 23.7 Å². The number of hydrazine groups is 2. The summed E-state index contributed by atoms with van der Waals surface area (Å²) in [6.07, 6.45) is -24.0. The van der Waals surface area contributed by atoms with Crippen molar-refractivity contribution in [2.75, 3.05) is 72.3 Å². The summed E-state index contributed by atoms with van der Waals surface area (Å²) in [5.74, 6) is -15.6. The number of aliphatic hydroxyl groups excluding tert-OH is 6. The highest BCUT2D eigenvalue weighted by atomic mass is 35.5. The van der Waals surface area contributed by atoms with Crippen molar-refractivity contribution in [2.45, 2.75) is 163 Å². The molecule has 8 heterocycles. The van der Waals surface area contributed by atoms with Gasteiger partial charge in [0.15, 0.2) is 23.9 Å². The van der Waals surface area contributed by atoms with Gasteiger partial charge >= 0.3 is 12.4 Å². The summed E-state index contributed by atoms with van der Waals surface area (Å²) in [5.41, 5.74) is 7.39. The molecule has 18 atom stereocenters. The summed E-state index contributed by atoms with van der Waals surface area (Å²) in [6.45, 7) is 7.96. The van der Waals surface area contributed by atoms with E-state index in [1.807, 2.05) is 13.8 Å². The number of rotatable bonds is 21. The summed E-state index contributed by atoms with van der Waals surface area (Å²) in [7, 11) is 4.28. The molecule has 3 fully saturated rings. The monoisotopic (exact) mass is 1820 g/mol. The lowest BCUT2D eigenvalue weighted by atomic mass is 9.85. The van der Waals surface area contributed by atoms with Crippen LogP contribution in [-0.4, -0.2) is 266 Å². The van der Waals surface area contributed by atoms with E-state index in [1.54, 1.807) is 11.9 Å². The molecule has 11 bridgehead atoms. The molecular formula is C82H98Cl2F3N15O25. The van der Waals surface area contributed by atoms with Crippen LogP contribution in [0.2, 0.25) is 10.0 Å². The smallest absolute Gasteiger partial charge is 0.508 e. The summed E-state index contributed by atoms with van der Waals surface area (Å²) < 4.78 is 81.6. The van der Waals surface area contributed by atoms with Gasteiger partial charge in [-0.2, -0.15) is 0 Å². The number of likely N-dealkylation sites (N-methyl/N-ethyl adjacent to an activating group) is 1. The number of hydrogen-bond donors (Lipinski definition) is 21. The predicted octanol–water partition coefficient (Wildman–Crippen LogP) is 1.50. The third-order valence-electron chi connectivity index (χ3n) is 22.0. The fraction of sp³-hybridized carbons (Fsp3) is 0.451. The molecule has 22 N–H and O–H groups in total. The van der Waals surface area contributed by atoms with Crippen molar-refractivity contribution in [3.05, 3.63) is 141 Å². The van der Waals surface area contributed by atoms with Crippen LogP contribution in [0.1, 0.15) is 105 Å². The van der Waals surface area contributed by atoms with Crippen molar-refractivity contribution in [3.63, 3.8) is 0 Å². The molecule has 0 aromatic heterocycles. The van der Waals surface area contributed by atoms with Gasteiger partial charge in [-0.25, -0.2) is 14.8 Å². The highest BCUT2D eigenvalue weighted by Gasteiger charge is 2.53. The molecule has 686 valence electrons. The molecule has 45 heteroatoms. The minimum atomic E-state index is -4.91. The van der Waals surface area contributed by atoms with Gasteiger partial charge in [-0.15, -0.1) is 13.2 Å². The molecule has 14 rings (SSSR count). The van der Waals surface area contributed by atoms with Crippen molar-refractivity contribution in [1.82, 2.24) is 68.3 Å². The van der Waals surface area contributed by atoms with Gasteiger partial charge in [-0.05, 0) is 140 Å². The molecule has 8 aliphatic heterocycles. The Morgan fingerprint density at radius 1 is 0.717 bits per heavy atom. The van der Waals surface area contributed by atoms with Crippen LogP contribution in [0.25, 0.3) is 11.1 Å². The number of benzene rings is 6. The lowest BCUT2D eigenvalue weighted by molar-refractivity contribution is -0.334. The number of nitrogens with one attached hydrogen (secondary N) is 11. The third kappa shape index (κ3) is 22.5. The number of phenols is 3. The lowest BCUT2D eigenvalue weighted by Crippen LogP contribution is -2.66. The van der Waals surface area contributed by atoms with Crippen LogP contribution in [0.3, 0.4) is 0 Å². The molecular weight excluding hydrogens is 1720 g/mol. The highest BCUT2D eigenvalue weighted by Crippen LogP contribution is 2.50. The molecule has 10 amide bonds. The number of piperazine rings is 1. The molecule has 3 saturated heterocycles. The Morgan fingerprint density at radius 2 is 1.34 bits per heavy atom. The number of primary amides is 1. The van der Waals surface area contributed by atoms with Gasteiger partial charge in [0, 0.05) is 88.2 Å². The standard InChI is InChI=1S/C82H98Cl2F3N15O25/c1-35(2)24-48(89-5)72(113)96-63-65(108)38-9-16-52(46(83)26-38)122-54-28-40-29-55(69(54)126-79-70(68(111)67(110)56(34-103)124-79)125-58-33-81(4,71(112)36(3)121-58)90-18-19-101-20-22-102(23-21-101)99-80(120)91-41-11-13-43(14-12-41)127-82(85,86)87)123-53-17-10-39(27-47(53)84)66(109)64-77(118)95-62(78(119)98-100(6)7)45-30-42(104)31-51(106)59(45)44-25-37(8-15-50(44)105)60(74(115)97-64)94-75(116)61(40)93-73(114)49(32-57(88)107)92-76(63)117/h8-17,25-31,35-36,48-49,56,58,60-68,70-71,79,89-90,103-106,108-112H,18-24,32-34H2,1-7H3,(H2,88,107)(H,92,117)(H,93,114)(H,94,116)(H,95,118)(H,96,113)(H,97,115)(H,98,119)(H2,91,99,120)/t36?,48?,49?,56?,58?,60?,61?,62-,63?,64?,65?,66?,67?,68?,70?,71?,79?,81-/m1/s1. The maximum absolute atomic E-state index is 16.3. The average Bonchev–Trinajstić information content (AvgIpc) is 0.764. The molecule has 0 aliphatic carbocycles. The van der Waals surface area contributed by atoms with E-state index in [0.717, 1.165) is 72.8 Å². The first kappa shape index (κ1) is 94.9. The zero-order valence-electron chi connectivity index (χ0n) is 69.1. The van der Waals surface area contributed by atoms with Gasteiger partial charge in [-0.1, -0.05) is 55.2 Å². The van der Waals surface area contributed by atoms with Gasteiger partial charge < -0.3 is 133 Å². The number of amides is 10. The van der Waals surface area contributed by atoms with Crippen LogP contribution in [0.15, 0.2) is 103 Å². The molecule has 127 heavy (non-hydrogen) atoms. The number of alkyl halides is 3. The highest BCUT2D eigenvalue weighted by molar-refractivity contribution is 6.32. The quantitative estimate of drug-likeness (QED) is 0.0454. The van der Waals surface area contributed by atoms with Crippen LogP contribution >= 0.6 is 23.2 Å². The van der Waals surface area contributed by atoms with Crippen molar-refractivity contribution in [3.8, 4) is 62.9 Å². The molecule has 6 aromatic rings. The zero-order chi connectivity index (χ0) is 92.1. The molecule has 0 spiro atoms. The Labute approximate surface area is 733 Å². The minimum Gasteiger partial charge on any atom is -0.508 e. The SMILES string of the molecule is CNC(CC(C)C)C(=O)NC1C(=O)NC(CC(N)=O)C(=O)NC2C(=O)NC3C(=O)NC(C(=O)N[C@@H](C(=O)NN(C)C)c4cc(O)cc(O)c4-c4cc3ccc4O)C(O)c3ccc(c(Cl)c3)Oc3cc2cc(c3OC2OC(CO)C(O)C(O)C2OC2C[C@@](C)(NCCN3CCN(NC(=O)Nc4ccc(OC(F)(F)F)cc4)CC3)C(O)C(C)O2)Oc2ccc(cc2Cl)C1O. The minimum absolute atomic E-state index is 0.122. The Bertz CT molecular complexity index is 5100. The first-order chi connectivity index (χ1) is 60.0. The number of aromatic hydroxyl groups is 3. The summed E-state index contributed by atoms with van der Waals surface area (Å²) in [4.78, 5) is 135. The van der Waals surface area contributed by atoms with Gasteiger partial charge in [-0.3, -0.25) is 54.1 Å². The van der Waals surface area contributed by atoms with Gasteiger partial charge in [0.2, 0.25) is 53.4 Å². The molecule has 8 aliphatic rings. The first-order valence-corrected chi connectivity index (χ1v) is 40.9. The third-order valence-corrected chi connectivity index (χ3v) is 22.6.